The molecule has 0 saturated carbocycles. The second-order valence-corrected chi connectivity index (χ2v) is 2.73. The van der Waals surface area contributed by atoms with Gasteiger partial charge < -0.3 is 0 Å². The highest BCUT2D eigenvalue weighted by atomic mass is 32.2. The third kappa shape index (κ3) is 2.23. The average Bonchev–Trinajstić information content (AvgIpc) is 2.03. The van der Waals surface area contributed by atoms with Crippen LogP contribution in [-0.2, 0) is 5.75 Å². The van der Waals surface area contributed by atoms with Crippen LogP contribution in [0.4, 0.5) is 0 Å². The van der Waals surface area contributed by atoms with Crippen LogP contribution in [0, 0.1) is 0 Å². The van der Waals surface area contributed by atoms with Crippen LogP contribution in [0.3, 0.4) is 0 Å². The molecule has 0 fully saturated rings. The summed E-state index contributed by atoms with van der Waals surface area (Å²) >= 11 is 1.39. The summed E-state index contributed by atoms with van der Waals surface area (Å²) in [7, 11) is 0. The maximum Gasteiger partial charge on any atom is 0.339 e. The summed E-state index contributed by atoms with van der Waals surface area (Å²) in [5, 5.41) is 0. The fourth-order valence-corrected chi connectivity index (χ4v) is 1.17. The van der Waals surface area contributed by atoms with E-state index in [1.165, 1.54) is 17.3 Å². The number of rotatable bonds is 3. The molecule has 52 valence electrons. The Kier molecular flexibility index (Phi) is 3.03. The van der Waals surface area contributed by atoms with Gasteiger partial charge >= 0.3 is 5.62 Å². The molecule has 0 spiro atoms. The zero-order chi connectivity index (χ0) is 7.23. The fourth-order valence-electron chi connectivity index (χ4n) is 0.708. The Morgan fingerprint density at radius 1 is 1.30 bits per heavy atom. The van der Waals surface area contributed by atoms with Gasteiger partial charge in [-0.2, -0.15) is 0 Å². The molecule has 0 saturated heterocycles. The second-order valence-electron chi connectivity index (χ2n) is 1.90. The van der Waals surface area contributed by atoms with Gasteiger partial charge in [0.05, 0.1) is 0 Å². The van der Waals surface area contributed by atoms with Gasteiger partial charge in [0.1, 0.15) is 0 Å². The monoisotopic (exact) mass is 153 g/mol. The Labute approximate surface area is 64.4 Å². The standard InChI is InChI=1S/C8H8OS/c9-7-10-6-8-4-2-1-3-5-8/h1-5,7H,6H2/p+1. The zero-order valence-electron chi connectivity index (χ0n) is 5.53. The van der Waals surface area contributed by atoms with Crippen LogP contribution >= 0.6 is 11.8 Å². The highest BCUT2D eigenvalue weighted by Gasteiger charge is 1.90. The molecular weight excluding hydrogens is 144 g/mol. The van der Waals surface area contributed by atoms with E-state index in [-0.39, 0.29) is 0 Å². The maximum absolute atomic E-state index is 8.37. The minimum absolute atomic E-state index is 0.845. The van der Waals surface area contributed by atoms with Crippen LogP contribution < -0.4 is 0 Å². The van der Waals surface area contributed by atoms with Gasteiger partial charge in [-0.1, -0.05) is 30.3 Å². The quantitative estimate of drug-likeness (QED) is 0.481. The predicted molar refractivity (Wildman–Crippen MR) is 45.7 cm³/mol. The lowest BCUT2D eigenvalue weighted by Crippen LogP contribution is -1.76. The summed E-state index contributed by atoms with van der Waals surface area (Å²) in [6.45, 7) is 0. The molecule has 0 amide bonds. The van der Waals surface area contributed by atoms with Crippen molar-refractivity contribution in [3.8, 4) is 0 Å². The van der Waals surface area contributed by atoms with Crippen LogP contribution in [0.1, 0.15) is 5.56 Å². The van der Waals surface area contributed by atoms with E-state index in [2.05, 4.69) is 0 Å². The molecule has 0 aliphatic carbocycles. The molecule has 1 N–H and O–H groups in total. The van der Waals surface area contributed by atoms with Crippen molar-refractivity contribution in [2.24, 2.45) is 0 Å². The van der Waals surface area contributed by atoms with Crippen LogP contribution in [0.5, 0.6) is 0 Å². The van der Waals surface area contributed by atoms with Gasteiger partial charge in [-0.3, -0.25) is 4.79 Å². The van der Waals surface area contributed by atoms with Gasteiger partial charge in [-0.25, -0.2) is 0 Å². The van der Waals surface area contributed by atoms with Crippen molar-refractivity contribution in [1.82, 2.24) is 0 Å². The first-order valence-corrected chi connectivity index (χ1v) is 4.10. The molecule has 0 atom stereocenters. The summed E-state index contributed by atoms with van der Waals surface area (Å²) in [4.78, 5) is 8.37. The Hall–Kier alpha value is -0.760. The first-order chi connectivity index (χ1) is 4.93. The molecule has 1 aromatic rings. The lowest BCUT2D eigenvalue weighted by atomic mass is 10.2. The number of hydrogen-bond acceptors (Lipinski definition) is 1. The summed E-state index contributed by atoms with van der Waals surface area (Å²) in [5.41, 5.74) is 2.35. The molecule has 1 rings (SSSR count). The molecule has 2 heteroatoms. The summed E-state index contributed by atoms with van der Waals surface area (Å²) in [6.07, 6.45) is 0. The van der Waals surface area contributed by atoms with E-state index in [1.807, 2.05) is 30.3 Å². The highest BCUT2D eigenvalue weighted by molar-refractivity contribution is 8.11. The third-order valence-corrected chi connectivity index (χ3v) is 1.82. The van der Waals surface area contributed by atoms with Crippen molar-refractivity contribution in [2.45, 2.75) is 5.75 Å². The molecule has 1 aromatic carbocycles. The van der Waals surface area contributed by atoms with Crippen molar-refractivity contribution in [3.05, 3.63) is 35.9 Å². The molecule has 0 aliphatic heterocycles. The lowest BCUT2D eigenvalue weighted by Gasteiger charge is -1.91. The van der Waals surface area contributed by atoms with Gasteiger partial charge in [-0.05, 0) is 17.3 Å². The van der Waals surface area contributed by atoms with Crippen LogP contribution in [0.15, 0.2) is 30.3 Å². The molecular formula is C8H9OS+. The van der Waals surface area contributed by atoms with Gasteiger partial charge in [-0.15, -0.1) is 0 Å². The van der Waals surface area contributed by atoms with E-state index >= 15 is 0 Å². The van der Waals surface area contributed by atoms with Crippen LogP contribution in [0.2, 0.25) is 0 Å². The summed E-state index contributed by atoms with van der Waals surface area (Å²) in [5.74, 6) is 0.845. The molecule has 0 radical (unpaired) electrons. The fraction of sp³-hybridized carbons (Fsp3) is 0.125. The topological polar surface area (TPSA) is 21.4 Å². The molecule has 0 aliphatic rings. The highest BCUT2D eigenvalue weighted by Crippen LogP contribution is 2.07. The van der Waals surface area contributed by atoms with Crippen molar-refractivity contribution in [1.29, 1.82) is 0 Å². The van der Waals surface area contributed by atoms with E-state index in [0.29, 0.717) is 0 Å². The Balaban J connectivity index is 2.50. The number of hydrogen-bond donors (Lipinski definition) is 0. The van der Waals surface area contributed by atoms with Crippen molar-refractivity contribution in [2.75, 3.05) is 0 Å². The van der Waals surface area contributed by atoms with Crippen molar-refractivity contribution < 1.29 is 4.79 Å². The first-order valence-electron chi connectivity index (χ1n) is 3.05. The first kappa shape index (κ1) is 7.35. The summed E-state index contributed by atoms with van der Waals surface area (Å²) in [6, 6.07) is 10.0. The maximum atomic E-state index is 8.37. The molecule has 1 nitrogen and oxygen atoms in total. The largest absolute Gasteiger partial charge is 0.339 e. The third-order valence-electron chi connectivity index (χ3n) is 1.17. The van der Waals surface area contributed by atoms with E-state index in [1.54, 1.807) is 0 Å². The van der Waals surface area contributed by atoms with Crippen LogP contribution in [-0.4, -0.2) is 10.4 Å². The van der Waals surface area contributed by atoms with Gasteiger partial charge in [0.2, 0.25) is 0 Å². The SMILES string of the molecule is [OH+]=CSCc1ccccc1. The number of thioether (sulfide) groups is 1. The van der Waals surface area contributed by atoms with E-state index in [0.717, 1.165) is 11.4 Å². The van der Waals surface area contributed by atoms with Crippen LogP contribution in [0.25, 0.3) is 0 Å². The minimum Gasteiger partial charge on any atom is -0.275 e. The zero-order valence-corrected chi connectivity index (χ0v) is 6.34. The molecule has 0 aromatic heterocycles. The molecule has 0 bridgehead atoms. The molecule has 0 heterocycles. The normalized spacial score (nSPS) is 9.20. The second kappa shape index (κ2) is 4.12. The van der Waals surface area contributed by atoms with Crippen molar-refractivity contribution in [3.63, 3.8) is 0 Å². The number of benzene rings is 1. The Morgan fingerprint density at radius 3 is 2.60 bits per heavy atom. The summed E-state index contributed by atoms with van der Waals surface area (Å²) < 4.78 is 0. The van der Waals surface area contributed by atoms with E-state index < -0.39 is 0 Å². The van der Waals surface area contributed by atoms with Crippen molar-refractivity contribution >= 4 is 17.4 Å². The van der Waals surface area contributed by atoms with Gasteiger partial charge in [0.25, 0.3) is 0 Å². The number of carbonyl (C=O) groups excluding carboxylic acids is 1. The average molecular weight is 153 g/mol. The van der Waals surface area contributed by atoms with Gasteiger partial charge in [0.15, 0.2) is 0 Å². The lowest BCUT2D eigenvalue weighted by molar-refractivity contribution is 0.703. The van der Waals surface area contributed by atoms with Gasteiger partial charge in [0, 0.05) is 5.75 Å². The predicted octanol–water partition coefficient (Wildman–Crippen LogP) is 2.05. The molecule has 10 heavy (non-hydrogen) atoms. The molecule has 0 unspecified atom stereocenters. The Morgan fingerprint density at radius 2 is 2.00 bits per heavy atom. The van der Waals surface area contributed by atoms with E-state index in [4.69, 9.17) is 4.79 Å². The minimum atomic E-state index is 0.845. The van der Waals surface area contributed by atoms with E-state index in [9.17, 15) is 0 Å². The smallest absolute Gasteiger partial charge is 0.275 e. The Bertz CT molecular complexity index is 196.